The lowest BCUT2D eigenvalue weighted by Gasteiger charge is -2.35. The third-order valence-electron chi connectivity index (χ3n) is 2.71. The van der Waals surface area contributed by atoms with Crippen molar-refractivity contribution in [3.63, 3.8) is 0 Å². The third-order valence-corrected chi connectivity index (χ3v) is 2.71. The Balaban J connectivity index is 2.52. The van der Waals surface area contributed by atoms with Crippen LogP contribution in [0.1, 0.15) is 20.8 Å². The molecule has 1 fully saturated rings. The van der Waals surface area contributed by atoms with Crippen LogP contribution in [0.15, 0.2) is 0 Å². The van der Waals surface area contributed by atoms with Crippen molar-refractivity contribution in [3.8, 4) is 0 Å². The third kappa shape index (κ3) is 1.32. The van der Waals surface area contributed by atoms with Gasteiger partial charge in [-0.3, -0.25) is 0 Å². The summed E-state index contributed by atoms with van der Waals surface area (Å²) in [6, 6.07) is 0. The van der Waals surface area contributed by atoms with Gasteiger partial charge in [-0.25, -0.2) is 0 Å². The first kappa shape index (κ1) is 8.02. The Hall–Kier alpha value is -0.0800. The number of hydrogen-bond donors (Lipinski definition) is 1. The van der Waals surface area contributed by atoms with Crippen molar-refractivity contribution in [2.75, 3.05) is 6.61 Å². The summed E-state index contributed by atoms with van der Waals surface area (Å²) in [6.45, 7) is 7.06. The molecule has 0 spiro atoms. The van der Waals surface area contributed by atoms with E-state index in [1.165, 1.54) is 0 Å². The van der Waals surface area contributed by atoms with E-state index < -0.39 is 6.29 Å². The van der Waals surface area contributed by atoms with E-state index in [1.54, 1.807) is 0 Å². The first-order chi connectivity index (χ1) is 4.63. The monoisotopic (exact) mass is 144 g/mol. The van der Waals surface area contributed by atoms with E-state index in [0.717, 1.165) is 0 Å². The highest BCUT2D eigenvalue weighted by molar-refractivity contribution is 4.74. The standard InChI is InChI=1S/C8H16O2/c1-5-4-10-8(9)7(3)6(5)2/h5-9H,4H2,1-3H3/t5-,6-,7+,8?/m0/s1. The average molecular weight is 144 g/mol. The summed E-state index contributed by atoms with van der Waals surface area (Å²) in [5, 5.41) is 9.24. The van der Waals surface area contributed by atoms with Gasteiger partial charge in [0.2, 0.25) is 0 Å². The molecular formula is C8H16O2. The molecule has 1 aliphatic rings. The molecule has 2 nitrogen and oxygen atoms in total. The summed E-state index contributed by atoms with van der Waals surface area (Å²) >= 11 is 0. The van der Waals surface area contributed by atoms with E-state index in [1.807, 2.05) is 6.92 Å². The molecule has 2 heteroatoms. The summed E-state index contributed by atoms with van der Waals surface area (Å²) in [5.41, 5.74) is 0. The van der Waals surface area contributed by atoms with Gasteiger partial charge in [-0.1, -0.05) is 20.8 Å². The van der Waals surface area contributed by atoms with Crippen molar-refractivity contribution >= 4 is 0 Å². The zero-order valence-corrected chi connectivity index (χ0v) is 6.87. The Morgan fingerprint density at radius 3 is 2.30 bits per heavy atom. The molecule has 1 heterocycles. The molecule has 1 N–H and O–H groups in total. The number of aliphatic hydroxyl groups excluding tert-OH is 1. The molecule has 1 unspecified atom stereocenters. The predicted molar refractivity (Wildman–Crippen MR) is 39.5 cm³/mol. The van der Waals surface area contributed by atoms with Crippen LogP contribution >= 0.6 is 0 Å². The molecular weight excluding hydrogens is 128 g/mol. The van der Waals surface area contributed by atoms with E-state index in [9.17, 15) is 5.11 Å². The SMILES string of the molecule is C[C@H]1[C@@H](C)COC(O)[C@@H]1C. The van der Waals surface area contributed by atoms with Gasteiger partial charge in [0.1, 0.15) is 0 Å². The highest BCUT2D eigenvalue weighted by Crippen LogP contribution is 2.28. The maximum absolute atomic E-state index is 9.24. The molecule has 0 saturated carbocycles. The number of rotatable bonds is 0. The number of aliphatic hydroxyl groups is 1. The van der Waals surface area contributed by atoms with Crippen LogP contribution in [0, 0.1) is 17.8 Å². The molecule has 0 aromatic rings. The van der Waals surface area contributed by atoms with Gasteiger partial charge in [0.25, 0.3) is 0 Å². The van der Waals surface area contributed by atoms with Crippen molar-refractivity contribution in [3.05, 3.63) is 0 Å². The fraction of sp³-hybridized carbons (Fsp3) is 1.00. The van der Waals surface area contributed by atoms with E-state index in [0.29, 0.717) is 18.4 Å². The Morgan fingerprint density at radius 2 is 1.80 bits per heavy atom. The maximum Gasteiger partial charge on any atom is 0.157 e. The lowest BCUT2D eigenvalue weighted by atomic mass is 9.83. The van der Waals surface area contributed by atoms with Crippen LogP contribution in [0.2, 0.25) is 0 Å². The summed E-state index contributed by atoms with van der Waals surface area (Å²) in [7, 11) is 0. The van der Waals surface area contributed by atoms with Crippen molar-refractivity contribution < 1.29 is 9.84 Å². The first-order valence-corrected chi connectivity index (χ1v) is 3.92. The fourth-order valence-corrected chi connectivity index (χ4v) is 1.33. The fourth-order valence-electron chi connectivity index (χ4n) is 1.33. The highest BCUT2D eigenvalue weighted by atomic mass is 16.6. The molecule has 0 bridgehead atoms. The normalized spacial score (nSPS) is 49.2. The Labute approximate surface area is 62.2 Å². The van der Waals surface area contributed by atoms with Gasteiger partial charge >= 0.3 is 0 Å². The minimum atomic E-state index is -0.536. The predicted octanol–water partition coefficient (Wildman–Crippen LogP) is 1.24. The average Bonchev–Trinajstić information content (AvgIpc) is 1.93. The zero-order valence-electron chi connectivity index (χ0n) is 6.87. The van der Waals surface area contributed by atoms with Gasteiger partial charge in [0.05, 0.1) is 6.61 Å². The molecule has 0 aliphatic carbocycles. The zero-order chi connectivity index (χ0) is 7.72. The van der Waals surface area contributed by atoms with Gasteiger partial charge in [-0.05, 0) is 11.8 Å². The lowest BCUT2D eigenvalue weighted by Crippen LogP contribution is -2.38. The van der Waals surface area contributed by atoms with Gasteiger partial charge < -0.3 is 9.84 Å². The van der Waals surface area contributed by atoms with Gasteiger partial charge in [0, 0.05) is 5.92 Å². The highest BCUT2D eigenvalue weighted by Gasteiger charge is 2.30. The topological polar surface area (TPSA) is 29.5 Å². The molecule has 0 aromatic carbocycles. The summed E-state index contributed by atoms with van der Waals surface area (Å²) in [4.78, 5) is 0. The van der Waals surface area contributed by atoms with E-state index in [4.69, 9.17) is 4.74 Å². The van der Waals surface area contributed by atoms with Gasteiger partial charge in [0.15, 0.2) is 6.29 Å². The Morgan fingerprint density at radius 1 is 1.20 bits per heavy atom. The van der Waals surface area contributed by atoms with Crippen molar-refractivity contribution in [2.45, 2.75) is 27.1 Å². The smallest absolute Gasteiger partial charge is 0.157 e. The van der Waals surface area contributed by atoms with Crippen LogP contribution < -0.4 is 0 Å². The minimum Gasteiger partial charge on any atom is -0.368 e. The second-order valence-corrected chi connectivity index (χ2v) is 3.42. The minimum absolute atomic E-state index is 0.281. The van der Waals surface area contributed by atoms with Gasteiger partial charge in [-0.2, -0.15) is 0 Å². The quantitative estimate of drug-likeness (QED) is 0.554. The largest absolute Gasteiger partial charge is 0.368 e. The van der Waals surface area contributed by atoms with Crippen molar-refractivity contribution in [1.82, 2.24) is 0 Å². The molecule has 0 radical (unpaired) electrons. The molecule has 0 amide bonds. The van der Waals surface area contributed by atoms with Crippen molar-refractivity contribution in [2.24, 2.45) is 17.8 Å². The van der Waals surface area contributed by atoms with Crippen LogP contribution in [0.25, 0.3) is 0 Å². The van der Waals surface area contributed by atoms with Crippen LogP contribution in [0.5, 0.6) is 0 Å². The van der Waals surface area contributed by atoms with Crippen LogP contribution in [-0.4, -0.2) is 18.0 Å². The van der Waals surface area contributed by atoms with E-state index in [-0.39, 0.29) is 5.92 Å². The summed E-state index contributed by atoms with van der Waals surface area (Å²) in [6.07, 6.45) is -0.536. The second kappa shape index (κ2) is 2.89. The number of hydrogen-bond acceptors (Lipinski definition) is 2. The Bertz CT molecular complexity index is 99.8. The summed E-state index contributed by atoms with van der Waals surface area (Å²) < 4.78 is 5.13. The molecule has 1 aliphatic heterocycles. The molecule has 10 heavy (non-hydrogen) atoms. The first-order valence-electron chi connectivity index (χ1n) is 3.92. The second-order valence-electron chi connectivity index (χ2n) is 3.42. The molecule has 4 atom stereocenters. The van der Waals surface area contributed by atoms with Gasteiger partial charge in [-0.15, -0.1) is 0 Å². The maximum atomic E-state index is 9.24. The van der Waals surface area contributed by atoms with Crippen LogP contribution in [0.4, 0.5) is 0 Å². The van der Waals surface area contributed by atoms with Crippen LogP contribution in [-0.2, 0) is 4.74 Å². The molecule has 1 saturated heterocycles. The molecule has 60 valence electrons. The van der Waals surface area contributed by atoms with E-state index >= 15 is 0 Å². The lowest BCUT2D eigenvalue weighted by molar-refractivity contribution is -0.186. The van der Waals surface area contributed by atoms with Crippen LogP contribution in [0.3, 0.4) is 0 Å². The number of ether oxygens (including phenoxy) is 1. The summed E-state index contributed by atoms with van der Waals surface area (Å²) in [5.74, 6) is 1.44. The van der Waals surface area contributed by atoms with E-state index in [2.05, 4.69) is 13.8 Å². The Kier molecular flexibility index (Phi) is 2.32. The molecule has 1 rings (SSSR count). The van der Waals surface area contributed by atoms with Crippen molar-refractivity contribution in [1.29, 1.82) is 0 Å². The molecule has 0 aromatic heterocycles.